The highest BCUT2D eigenvalue weighted by Gasteiger charge is 2.33. The van der Waals surface area contributed by atoms with Crippen LogP contribution >= 0.6 is 11.6 Å². The van der Waals surface area contributed by atoms with Crippen molar-refractivity contribution in [1.29, 1.82) is 0 Å². The molecule has 0 spiro atoms. The maximum atomic E-state index is 13.8. The molecule has 5 rings (SSSR count). The van der Waals surface area contributed by atoms with Crippen LogP contribution in [-0.4, -0.2) is 37.8 Å². The number of hydrogen-bond acceptors (Lipinski definition) is 5. The second-order valence-corrected chi connectivity index (χ2v) is 9.98. The monoisotopic (exact) mass is 494 g/mol. The molecule has 7 heteroatoms. The van der Waals surface area contributed by atoms with Gasteiger partial charge in [0.15, 0.2) is 0 Å². The van der Waals surface area contributed by atoms with Gasteiger partial charge in [0.25, 0.3) is 0 Å². The van der Waals surface area contributed by atoms with Crippen molar-refractivity contribution in [3.63, 3.8) is 0 Å². The largest absolute Gasteiger partial charge is 0.381 e. The maximum Gasteiger partial charge on any atom is 0.141 e. The van der Waals surface area contributed by atoms with Gasteiger partial charge in [-0.25, -0.2) is 4.39 Å². The molecule has 3 N–H and O–H groups in total. The van der Waals surface area contributed by atoms with Crippen LogP contribution in [0.1, 0.15) is 19.8 Å². The predicted octanol–water partition coefficient (Wildman–Crippen LogP) is 5.36. The molecule has 6 unspecified atom stereocenters. The van der Waals surface area contributed by atoms with Gasteiger partial charge < -0.3 is 20.7 Å². The van der Waals surface area contributed by atoms with Crippen molar-refractivity contribution in [1.82, 2.24) is 10.6 Å². The topological polar surface area (TPSA) is 57.7 Å². The number of allylic oxidation sites excluding steroid dienone is 5. The van der Waals surface area contributed by atoms with Crippen molar-refractivity contribution in [2.24, 2.45) is 22.7 Å². The van der Waals surface area contributed by atoms with Crippen molar-refractivity contribution in [3.8, 4) is 0 Å². The van der Waals surface area contributed by atoms with Gasteiger partial charge in [-0.3, -0.25) is 4.99 Å². The second kappa shape index (κ2) is 10.4. The minimum absolute atomic E-state index is 0.0624. The number of halogens is 2. The molecule has 5 nitrogen and oxygen atoms in total. The van der Waals surface area contributed by atoms with Crippen molar-refractivity contribution >= 4 is 23.1 Å². The van der Waals surface area contributed by atoms with Crippen LogP contribution in [0, 0.1) is 23.6 Å². The minimum atomic E-state index is -0.426. The third kappa shape index (κ3) is 5.24. The molecular formula is C28H32ClFN4O. The quantitative estimate of drug-likeness (QED) is 0.515. The summed E-state index contributed by atoms with van der Waals surface area (Å²) in [5.74, 6) is 1.31. The van der Waals surface area contributed by atoms with E-state index in [1.165, 1.54) is 17.2 Å². The molecule has 6 atom stereocenters. The molecule has 0 fully saturated rings. The Kier molecular flexibility index (Phi) is 7.12. The number of methoxy groups -OCH3 is 1. The average Bonchev–Trinajstić information content (AvgIpc) is 3.39. The number of amidine groups is 1. The van der Waals surface area contributed by atoms with Crippen LogP contribution in [0.15, 0.2) is 83.1 Å². The van der Waals surface area contributed by atoms with Crippen LogP contribution < -0.4 is 16.0 Å². The van der Waals surface area contributed by atoms with Crippen LogP contribution in [-0.2, 0) is 4.74 Å². The number of aliphatic imine (C=N–C) groups is 1. The first-order valence-electron chi connectivity index (χ1n) is 12.3. The van der Waals surface area contributed by atoms with Crippen molar-refractivity contribution in [2.75, 3.05) is 19.0 Å². The smallest absolute Gasteiger partial charge is 0.141 e. The molecule has 0 amide bonds. The highest BCUT2D eigenvalue weighted by atomic mass is 35.5. The minimum Gasteiger partial charge on any atom is -0.381 e. The molecule has 1 aromatic rings. The second-order valence-electron chi connectivity index (χ2n) is 9.57. The summed E-state index contributed by atoms with van der Waals surface area (Å²) in [7, 11) is 1.76. The third-order valence-electron chi connectivity index (χ3n) is 7.23. The Bertz CT molecular complexity index is 1130. The summed E-state index contributed by atoms with van der Waals surface area (Å²) in [4.78, 5) is 4.90. The van der Waals surface area contributed by atoms with E-state index in [1.807, 2.05) is 6.20 Å². The molecule has 35 heavy (non-hydrogen) atoms. The van der Waals surface area contributed by atoms with E-state index in [0.717, 1.165) is 30.9 Å². The number of nitrogens with zero attached hydrogens (tertiary/aromatic N) is 1. The molecule has 2 aliphatic carbocycles. The van der Waals surface area contributed by atoms with Gasteiger partial charge in [0.2, 0.25) is 0 Å². The highest BCUT2D eigenvalue weighted by molar-refractivity contribution is 6.31. The summed E-state index contributed by atoms with van der Waals surface area (Å²) in [6.45, 7) is 2.93. The molecule has 0 radical (unpaired) electrons. The lowest BCUT2D eigenvalue weighted by Crippen LogP contribution is -2.53. The molecular weight excluding hydrogens is 463 g/mol. The van der Waals surface area contributed by atoms with Crippen molar-refractivity contribution < 1.29 is 9.13 Å². The van der Waals surface area contributed by atoms with Gasteiger partial charge >= 0.3 is 0 Å². The van der Waals surface area contributed by atoms with E-state index in [4.69, 9.17) is 21.3 Å². The van der Waals surface area contributed by atoms with Gasteiger partial charge in [0.1, 0.15) is 17.8 Å². The van der Waals surface area contributed by atoms with Gasteiger partial charge in [-0.15, -0.1) is 0 Å². The summed E-state index contributed by atoms with van der Waals surface area (Å²) >= 11 is 6.10. The Labute approximate surface area is 211 Å². The molecule has 0 bridgehead atoms. The molecule has 1 aromatic carbocycles. The normalized spacial score (nSPS) is 31.8. The van der Waals surface area contributed by atoms with Gasteiger partial charge in [-0.05, 0) is 60.4 Å². The van der Waals surface area contributed by atoms with Gasteiger partial charge in [-0.2, -0.15) is 0 Å². The predicted molar refractivity (Wildman–Crippen MR) is 141 cm³/mol. The van der Waals surface area contributed by atoms with E-state index in [9.17, 15) is 4.39 Å². The molecule has 2 heterocycles. The zero-order valence-electron chi connectivity index (χ0n) is 20.0. The Hall–Kier alpha value is -2.83. The van der Waals surface area contributed by atoms with Crippen LogP contribution in [0.5, 0.6) is 0 Å². The molecule has 0 saturated carbocycles. The number of rotatable bonds is 5. The van der Waals surface area contributed by atoms with Crippen LogP contribution in [0.4, 0.5) is 10.1 Å². The molecule has 0 aromatic heterocycles. The fourth-order valence-electron chi connectivity index (χ4n) is 5.18. The van der Waals surface area contributed by atoms with Crippen molar-refractivity contribution in [2.45, 2.75) is 38.1 Å². The number of benzene rings is 1. The number of nitrogens with one attached hydrogen (secondary N) is 3. The summed E-state index contributed by atoms with van der Waals surface area (Å²) in [5.41, 5.74) is 3.12. The lowest BCUT2D eigenvalue weighted by Gasteiger charge is -2.38. The third-order valence-corrected chi connectivity index (χ3v) is 7.52. The summed E-state index contributed by atoms with van der Waals surface area (Å²) in [5, 5.41) is 10.8. The van der Waals surface area contributed by atoms with Crippen LogP contribution in [0.2, 0.25) is 5.02 Å². The van der Waals surface area contributed by atoms with E-state index in [0.29, 0.717) is 11.8 Å². The SMILES string of the molecule is COC1C=C(C2=CC3C(C=C2)CCN=C(C2CC=CN2)NC3Nc2ccc(F)c(Cl)c2)C=CC1C. The summed E-state index contributed by atoms with van der Waals surface area (Å²) in [6.07, 6.45) is 19.3. The number of ether oxygens (including phenoxy) is 1. The van der Waals surface area contributed by atoms with E-state index < -0.39 is 5.82 Å². The zero-order chi connectivity index (χ0) is 24.4. The summed E-state index contributed by atoms with van der Waals surface area (Å²) < 4.78 is 19.5. The first-order valence-corrected chi connectivity index (χ1v) is 12.7. The van der Waals surface area contributed by atoms with E-state index in [-0.39, 0.29) is 29.3 Å². The first-order chi connectivity index (χ1) is 17.0. The molecule has 0 saturated heterocycles. The fraction of sp³-hybridized carbons (Fsp3) is 0.393. The van der Waals surface area contributed by atoms with Crippen LogP contribution in [0.25, 0.3) is 0 Å². The molecule has 2 aliphatic heterocycles. The molecule has 4 aliphatic rings. The summed E-state index contributed by atoms with van der Waals surface area (Å²) in [6, 6.07) is 4.89. The fourth-order valence-corrected chi connectivity index (χ4v) is 5.36. The number of hydrogen-bond donors (Lipinski definition) is 3. The lowest BCUT2D eigenvalue weighted by atomic mass is 9.78. The molecule has 184 valence electrons. The average molecular weight is 495 g/mol. The number of fused-ring (bicyclic) bond motifs is 1. The Morgan fingerprint density at radius 3 is 2.77 bits per heavy atom. The first kappa shape index (κ1) is 23.9. The van der Waals surface area contributed by atoms with E-state index in [1.54, 1.807) is 19.2 Å². The maximum absolute atomic E-state index is 13.8. The Morgan fingerprint density at radius 1 is 1.17 bits per heavy atom. The Morgan fingerprint density at radius 2 is 2.00 bits per heavy atom. The van der Waals surface area contributed by atoms with E-state index in [2.05, 4.69) is 65.4 Å². The van der Waals surface area contributed by atoms with Crippen molar-refractivity contribution in [3.05, 3.63) is 88.9 Å². The Balaban J connectivity index is 1.48. The highest BCUT2D eigenvalue weighted by Crippen LogP contribution is 2.35. The zero-order valence-corrected chi connectivity index (χ0v) is 20.8. The standard InChI is InChI=1S/C28H32ClFN4O/c1-17-5-6-20(15-26(17)35-2)19-8-7-18-11-13-32-28(25-4-3-12-31-25)34-27(22(18)14-19)33-21-9-10-24(30)23(29)16-21/h3,5-10,12,14-18,22,25-27,31,33H,4,11,13H2,1-2H3,(H,32,34). The lowest BCUT2D eigenvalue weighted by molar-refractivity contribution is 0.111. The van der Waals surface area contributed by atoms with Gasteiger partial charge in [0, 0.05) is 31.2 Å². The van der Waals surface area contributed by atoms with Gasteiger partial charge in [-0.1, -0.05) is 55.0 Å². The van der Waals surface area contributed by atoms with Crippen LogP contribution in [0.3, 0.4) is 0 Å². The number of anilines is 1. The van der Waals surface area contributed by atoms with E-state index >= 15 is 0 Å². The van der Waals surface area contributed by atoms with Gasteiger partial charge in [0.05, 0.1) is 17.2 Å².